The van der Waals surface area contributed by atoms with E-state index in [2.05, 4.69) is 9.47 Å². The number of rotatable bonds is 3. The SMILES string of the molecule is COC(=O)C1=C(C(=O)OC)N(c2cc(C)ccc2C(F)(F)F)C=CC=C1. The van der Waals surface area contributed by atoms with Gasteiger partial charge in [-0.2, -0.15) is 13.2 Å². The number of allylic oxidation sites excluding steroid dienone is 2. The zero-order chi connectivity index (χ0) is 19.5. The molecule has 0 saturated heterocycles. The van der Waals surface area contributed by atoms with E-state index in [1.165, 1.54) is 36.6 Å². The van der Waals surface area contributed by atoms with Gasteiger partial charge in [0.1, 0.15) is 5.70 Å². The van der Waals surface area contributed by atoms with E-state index < -0.39 is 23.7 Å². The van der Waals surface area contributed by atoms with Crippen molar-refractivity contribution in [1.29, 1.82) is 0 Å². The number of methoxy groups -OCH3 is 2. The van der Waals surface area contributed by atoms with Crippen LogP contribution in [0.25, 0.3) is 0 Å². The third-order valence-corrected chi connectivity index (χ3v) is 3.61. The van der Waals surface area contributed by atoms with Crippen LogP contribution < -0.4 is 4.90 Å². The molecule has 0 spiro atoms. The van der Waals surface area contributed by atoms with Crippen molar-refractivity contribution >= 4 is 17.6 Å². The Hall–Kier alpha value is -3.03. The maximum Gasteiger partial charge on any atom is 0.418 e. The van der Waals surface area contributed by atoms with Crippen LogP contribution in [-0.2, 0) is 25.2 Å². The second-order valence-electron chi connectivity index (χ2n) is 5.33. The van der Waals surface area contributed by atoms with Gasteiger partial charge in [-0.05, 0) is 36.8 Å². The van der Waals surface area contributed by atoms with Gasteiger partial charge in [-0.1, -0.05) is 12.1 Å². The van der Waals surface area contributed by atoms with Crippen molar-refractivity contribution in [3.63, 3.8) is 0 Å². The van der Waals surface area contributed by atoms with Gasteiger partial charge in [0.2, 0.25) is 0 Å². The largest absolute Gasteiger partial charge is 0.465 e. The highest BCUT2D eigenvalue weighted by molar-refractivity contribution is 6.05. The van der Waals surface area contributed by atoms with Crippen LogP contribution in [-0.4, -0.2) is 26.2 Å². The smallest absolute Gasteiger partial charge is 0.418 e. The number of benzene rings is 1. The Labute approximate surface area is 148 Å². The van der Waals surface area contributed by atoms with Crippen molar-refractivity contribution in [2.45, 2.75) is 13.1 Å². The first-order valence-electron chi connectivity index (χ1n) is 7.43. The van der Waals surface area contributed by atoms with E-state index >= 15 is 0 Å². The molecule has 2 rings (SSSR count). The molecule has 5 nitrogen and oxygen atoms in total. The van der Waals surface area contributed by atoms with Gasteiger partial charge in [0.05, 0.1) is 31.0 Å². The van der Waals surface area contributed by atoms with Crippen LogP contribution in [0, 0.1) is 6.92 Å². The summed E-state index contributed by atoms with van der Waals surface area (Å²) in [6.45, 7) is 1.62. The van der Waals surface area contributed by atoms with Crippen molar-refractivity contribution in [1.82, 2.24) is 0 Å². The van der Waals surface area contributed by atoms with Crippen LogP contribution in [0.1, 0.15) is 11.1 Å². The van der Waals surface area contributed by atoms with Gasteiger partial charge in [0.15, 0.2) is 0 Å². The van der Waals surface area contributed by atoms with Crippen molar-refractivity contribution in [2.24, 2.45) is 0 Å². The number of halogens is 3. The molecule has 0 fully saturated rings. The summed E-state index contributed by atoms with van der Waals surface area (Å²) >= 11 is 0. The molecule has 0 amide bonds. The fourth-order valence-corrected chi connectivity index (χ4v) is 2.43. The molecule has 0 aliphatic carbocycles. The molecule has 0 aromatic heterocycles. The Bertz CT molecular complexity index is 822. The molecule has 0 atom stereocenters. The zero-order valence-corrected chi connectivity index (χ0v) is 14.3. The number of ether oxygens (including phenoxy) is 2. The molecule has 1 aromatic rings. The molecule has 8 heteroatoms. The molecule has 0 saturated carbocycles. The van der Waals surface area contributed by atoms with Crippen LogP contribution in [0.15, 0.2) is 53.9 Å². The molecule has 1 heterocycles. The van der Waals surface area contributed by atoms with Crippen molar-refractivity contribution in [2.75, 3.05) is 19.1 Å². The molecular formula is C18H16F3NO4. The first-order chi connectivity index (χ1) is 12.2. The highest BCUT2D eigenvalue weighted by Gasteiger charge is 2.37. The highest BCUT2D eigenvalue weighted by atomic mass is 19.4. The summed E-state index contributed by atoms with van der Waals surface area (Å²) in [5.74, 6) is -1.85. The lowest BCUT2D eigenvalue weighted by Crippen LogP contribution is -2.28. The first kappa shape index (κ1) is 19.3. The van der Waals surface area contributed by atoms with E-state index in [9.17, 15) is 22.8 Å². The van der Waals surface area contributed by atoms with Crippen LogP contribution in [0.4, 0.5) is 18.9 Å². The quantitative estimate of drug-likeness (QED) is 0.766. The average Bonchev–Trinajstić information content (AvgIpc) is 2.82. The predicted octanol–water partition coefficient (Wildman–Crippen LogP) is 3.50. The average molecular weight is 367 g/mol. The molecule has 0 N–H and O–H groups in total. The number of hydrogen-bond acceptors (Lipinski definition) is 5. The number of aryl methyl sites for hydroxylation is 1. The Morgan fingerprint density at radius 2 is 1.69 bits per heavy atom. The van der Waals surface area contributed by atoms with E-state index in [0.717, 1.165) is 25.2 Å². The Morgan fingerprint density at radius 3 is 2.27 bits per heavy atom. The van der Waals surface area contributed by atoms with Gasteiger partial charge in [0.25, 0.3) is 0 Å². The normalized spacial score (nSPS) is 14.3. The minimum absolute atomic E-state index is 0.223. The summed E-state index contributed by atoms with van der Waals surface area (Å²) < 4.78 is 49.8. The van der Waals surface area contributed by atoms with E-state index in [1.54, 1.807) is 6.92 Å². The Kier molecular flexibility index (Phi) is 5.54. The van der Waals surface area contributed by atoms with E-state index in [0.29, 0.717) is 5.56 Å². The number of carbonyl (C=O) groups excluding carboxylic acids is 2. The summed E-state index contributed by atoms with van der Waals surface area (Å²) in [5, 5.41) is 0. The second kappa shape index (κ2) is 7.47. The lowest BCUT2D eigenvalue weighted by molar-refractivity contribution is -0.139. The minimum Gasteiger partial charge on any atom is -0.465 e. The third-order valence-electron chi connectivity index (χ3n) is 3.61. The van der Waals surface area contributed by atoms with Crippen LogP contribution >= 0.6 is 0 Å². The molecule has 0 unspecified atom stereocenters. The number of anilines is 1. The summed E-state index contributed by atoms with van der Waals surface area (Å²) in [6.07, 6.45) is 0.684. The molecule has 138 valence electrons. The summed E-state index contributed by atoms with van der Waals surface area (Å²) in [5.41, 5.74) is -1.32. The first-order valence-corrected chi connectivity index (χ1v) is 7.43. The van der Waals surface area contributed by atoms with Gasteiger partial charge in [-0.15, -0.1) is 0 Å². The fourth-order valence-electron chi connectivity index (χ4n) is 2.43. The molecule has 1 aromatic carbocycles. The van der Waals surface area contributed by atoms with Gasteiger partial charge in [-0.3, -0.25) is 0 Å². The fraction of sp³-hybridized carbons (Fsp3) is 0.222. The van der Waals surface area contributed by atoms with Crippen LogP contribution in [0.2, 0.25) is 0 Å². The second-order valence-corrected chi connectivity index (χ2v) is 5.33. The standard InChI is InChI=1S/C18H16F3NO4/c1-11-7-8-13(18(19,20)21)14(10-11)22-9-5-4-6-12(16(23)25-2)15(22)17(24)26-3/h4-10H,1-3H3. The molecular weight excluding hydrogens is 351 g/mol. The predicted molar refractivity (Wildman–Crippen MR) is 88.0 cm³/mol. The van der Waals surface area contributed by atoms with Crippen molar-refractivity contribution in [3.05, 3.63) is 65.0 Å². The Morgan fingerprint density at radius 1 is 1.04 bits per heavy atom. The maximum atomic E-state index is 13.5. The van der Waals surface area contributed by atoms with E-state index in [4.69, 9.17) is 0 Å². The van der Waals surface area contributed by atoms with Gasteiger partial charge < -0.3 is 14.4 Å². The molecule has 0 bridgehead atoms. The summed E-state index contributed by atoms with van der Waals surface area (Å²) in [7, 11) is 2.18. The van der Waals surface area contributed by atoms with E-state index in [1.807, 2.05) is 0 Å². The van der Waals surface area contributed by atoms with Gasteiger partial charge in [-0.25, -0.2) is 9.59 Å². The topological polar surface area (TPSA) is 55.8 Å². The third kappa shape index (κ3) is 3.79. The molecule has 1 aliphatic heterocycles. The number of nitrogens with zero attached hydrogens (tertiary/aromatic N) is 1. The number of hydrogen-bond donors (Lipinski definition) is 0. The molecule has 1 aliphatic rings. The van der Waals surface area contributed by atoms with E-state index in [-0.39, 0.29) is 17.0 Å². The van der Waals surface area contributed by atoms with Crippen molar-refractivity contribution < 1.29 is 32.2 Å². The minimum atomic E-state index is -4.66. The number of carbonyl (C=O) groups is 2. The number of alkyl halides is 3. The molecule has 0 radical (unpaired) electrons. The molecule has 26 heavy (non-hydrogen) atoms. The highest BCUT2D eigenvalue weighted by Crippen LogP contribution is 2.39. The summed E-state index contributed by atoms with van der Waals surface area (Å²) in [4.78, 5) is 25.3. The number of esters is 2. The van der Waals surface area contributed by atoms with Gasteiger partial charge >= 0.3 is 18.1 Å². The van der Waals surface area contributed by atoms with Crippen LogP contribution in [0.3, 0.4) is 0 Å². The monoisotopic (exact) mass is 367 g/mol. The lowest BCUT2D eigenvalue weighted by Gasteiger charge is -2.26. The van der Waals surface area contributed by atoms with Crippen molar-refractivity contribution in [3.8, 4) is 0 Å². The summed E-state index contributed by atoms with van der Waals surface area (Å²) in [6, 6.07) is 3.51. The lowest BCUT2D eigenvalue weighted by atomic mass is 10.1. The maximum absolute atomic E-state index is 13.5. The van der Waals surface area contributed by atoms with Gasteiger partial charge in [0, 0.05) is 6.20 Å². The zero-order valence-electron chi connectivity index (χ0n) is 14.3. The van der Waals surface area contributed by atoms with Crippen LogP contribution in [0.5, 0.6) is 0 Å². The Balaban J connectivity index is 2.80.